The highest BCUT2D eigenvalue weighted by molar-refractivity contribution is 6.29. The van der Waals surface area contributed by atoms with Crippen molar-refractivity contribution in [2.45, 2.75) is 27.2 Å². The Morgan fingerprint density at radius 1 is 1.47 bits per heavy atom. The van der Waals surface area contributed by atoms with Gasteiger partial charge in [-0.3, -0.25) is 0 Å². The summed E-state index contributed by atoms with van der Waals surface area (Å²) in [7, 11) is 0. The molecule has 0 unspecified atom stereocenters. The SMILES string of the molecule is CCC(C)(C)CNc1cc(Cl)nc(N)n1. The van der Waals surface area contributed by atoms with Crippen molar-refractivity contribution in [2.24, 2.45) is 5.41 Å². The molecule has 0 aliphatic rings. The second-order valence-electron chi connectivity index (χ2n) is 4.31. The first-order valence-corrected chi connectivity index (χ1v) is 5.35. The van der Waals surface area contributed by atoms with Crippen LogP contribution in [0, 0.1) is 5.41 Å². The molecular formula is C10H17ClN4. The van der Waals surface area contributed by atoms with Gasteiger partial charge in [0.2, 0.25) is 5.95 Å². The van der Waals surface area contributed by atoms with Gasteiger partial charge in [-0.1, -0.05) is 32.4 Å². The smallest absolute Gasteiger partial charge is 0.223 e. The number of hydrogen-bond acceptors (Lipinski definition) is 4. The summed E-state index contributed by atoms with van der Waals surface area (Å²) in [4.78, 5) is 7.83. The van der Waals surface area contributed by atoms with Crippen LogP contribution < -0.4 is 11.1 Å². The lowest BCUT2D eigenvalue weighted by molar-refractivity contribution is 0.376. The molecule has 0 fully saturated rings. The molecule has 0 atom stereocenters. The van der Waals surface area contributed by atoms with Gasteiger partial charge in [-0.25, -0.2) is 4.98 Å². The lowest BCUT2D eigenvalue weighted by Crippen LogP contribution is -2.22. The Hall–Kier alpha value is -1.03. The quantitative estimate of drug-likeness (QED) is 0.778. The van der Waals surface area contributed by atoms with Gasteiger partial charge in [0.15, 0.2) is 0 Å². The third-order valence-corrected chi connectivity index (χ3v) is 2.61. The number of hydrogen-bond donors (Lipinski definition) is 2. The van der Waals surface area contributed by atoms with Crippen molar-refractivity contribution in [2.75, 3.05) is 17.6 Å². The molecule has 0 amide bonds. The van der Waals surface area contributed by atoms with Gasteiger partial charge in [0.25, 0.3) is 0 Å². The van der Waals surface area contributed by atoms with Gasteiger partial charge in [0, 0.05) is 12.6 Å². The Bertz CT molecular complexity index is 318. The second-order valence-corrected chi connectivity index (χ2v) is 4.69. The van der Waals surface area contributed by atoms with Crippen molar-refractivity contribution in [3.63, 3.8) is 0 Å². The molecule has 0 aliphatic heterocycles. The predicted octanol–water partition coefficient (Wildman–Crippen LogP) is 2.56. The minimum Gasteiger partial charge on any atom is -0.369 e. The van der Waals surface area contributed by atoms with Crippen molar-refractivity contribution >= 4 is 23.4 Å². The van der Waals surface area contributed by atoms with Crippen LogP contribution in [0.1, 0.15) is 27.2 Å². The van der Waals surface area contributed by atoms with E-state index < -0.39 is 0 Å². The number of nitrogen functional groups attached to an aromatic ring is 1. The highest BCUT2D eigenvalue weighted by Crippen LogP contribution is 2.20. The minimum atomic E-state index is 0.194. The maximum atomic E-state index is 5.76. The van der Waals surface area contributed by atoms with E-state index in [1.165, 1.54) is 0 Å². The molecule has 0 saturated heterocycles. The highest BCUT2D eigenvalue weighted by Gasteiger charge is 2.14. The number of rotatable bonds is 4. The molecule has 0 spiro atoms. The van der Waals surface area contributed by atoms with Gasteiger partial charge < -0.3 is 11.1 Å². The summed E-state index contributed by atoms with van der Waals surface area (Å²) in [6, 6.07) is 1.67. The highest BCUT2D eigenvalue weighted by atomic mass is 35.5. The van der Waals surface area contributed by atoms with Crippen LogP contribution in [0.4, 0.5) is 11.8 Å². The molecule has 0 bridgehead atoms. The van der Waals surface area contributed by atoms with Gasteiger partial charge in [-0.2, -0.15) is 4.98 Å². The van der Waals surface area contributed by atoms with Crippen molar-refractivity contribution < 1.29 is 0 Å². The van der Waals surface area contributed by atoms with E-state index in [9.17, 15) is 0 Å². The summed E-state index contributed by atoms with van der Waals surface area (Å²) in [6.45, 7) is 7.36. The number of nitrogens with one attached hydrogen (secondary N) is 1. The fraction of sp³-hybridized carbons (Fsp3) is 0.600. The fourth-order valence-corrected chi connectivity index (χ4v) is 1.17. The molecule has 0 aromatic carbocycles. The van der Waals surface area contributed by atoms with Gasteiger partial charge in [-0.05, 0) is 11.8 Å². The zero-order chi connectivity index (χ0) is 11.5. The Kier molecular flexibility index (Phi) is 3.74. The molecule has 15 heavy (non-hydrogen) atoms. The summed E-state index contributed by atoms with van der Waals surface area (Å²) in [5.41, 5.74) is 5.71. The van der Waals surface area contributed by atoms with E-state index in [0.29, 0.717) is 11.0 Å². The third kappa shape index (κ3) is 3.91. The number of anilines is 2. The second kappa shape index (κ2) is 4.66. The molecule has 5 heteroatoms. The monoisotopic (exact) mass is 228 g/mol. The molecule has 0 radical (unpaired) electrons. The minimum absolute atomic E-state index is 0.194. The van der Waals surface area contributed by atoms with E-state index in [2.05, 4.69) is 36.1 Å². The van der Waals surface area contributed by atoms with Crippen LogP contribution in [0.2, 0.25) is 5.15 Å². The summed E-state index contributed by atoms with van der Waals surface area (Å²) in [5, 5.41) is 3.56. The zero-order valence-electron chi connectivity index (χ0n) is 9.34. The van der Waals surface area contributed by atoms with Gasteiger partial charge in [0.05, 0.1) is 0 Å². The molecule has 0 aliphatic carbocycles. The van der Waals surface area contributed by atoms with Gasteiger partial charge in [0.1, 0.15) is 11.0 Å². The average Bonchev–Trinajstić information content (AvgIpc) is 2.14. The number of nitrogens with two attached hydrogens (primary N) is 1. The number of nitrogens with zero attached hydrogens (tertiary/aromatic N) is 2. The standard InChI is InChI=1S/C10H17ClN4/c1-4-10(2,3)6-13-8-5-7(11)14-9(12)15-8/h5H,4,6H2,1-3H3,(H3,12,13,14,15). The summed E-state index contributed by atoms with van der Waals surface area (Å²) in [6.07, 6.45) is 1.09. The van der Waals surface area contributed by atoms with Crippen LogP contribution in [0.5, 0.6) is 0 Å². The number of halogens is 1. The molecule has 4 nitrogen and oxygen atoms in total. The predicted molar refractivity (Wildman–Crippen MR) is 64.0 cm³/mol. The van der Waals surface area contributed by atoms with Crippen LogP contribution in [-0.4, -0.2) is 16.5 Å². The summed E-state index contributed by atoms with van der Waals surface area (Å²) < 4.78 is 0. The maximum Gasteiger partial charge on any atom is 0.223 e. The van der Waals surface area contributed by atoms with Gasteiger partial charge in [-0.15, -0.1) is 0 Å². The number of aromatic nitrogens is 2. The van der Waals surface area contributed by atoms with Crippen molar-refractivity contribution in [3.05, 3.63) is 11.2 Å². The summed E-state index contributed by atoms with van der Waals surface area (Å²) in [5.74, 6) is 0.869. The van der Waals surface area contributed by atoms with Crippen LogP contribution in [0.25, 0.3) is 0 Å². The van der Waals surface area contributed by atoms with Crippen LogP contribution in [0.3, 0.4) is 0 Å². The molecular weight excluding hydrogens is 212 g/mol. The Morgan fingerprint density at radius 2 is 2.13 bits per heavy atom. The lowest BCUT2D eigenvalue weighted by Gasteiger charge is -2.23. The molecule has 3 N–H and O–H groups in total. The lowest BCUT2D eigenvalue weighted by atomic mass is 9.90. The molecule has 1 aromatic heterocycles. The van der Waals surface area contributed by atoms with Gasteiger partial charge >= 0.3 is 0 Å². The topological polar surface area (TPSA) is 63.8 Å². The fourth-order valence-electron chi connectivity index (χ4n) is 0.981. The van der Waals surface area contributed by atoms with E-state index in [0.717, 1.165) is 13.0 Å². The molecule has 1 rings (SSSR count). The normalized spacial score (nSPS) is 11.5. The maximum absolute atomic E-state index is 5.76. The van der Waals surface area contributed by atoms with Crippen LogP contribution in [-0.2, 0) is 0 Å². The Balaban J connectivity index is 2.65. The van der Waals surface area contributed by atoms with E-state index in [1.54, 1.807) is 6.07 Å². The molecule has 84 valence electrons. The average molecular weight is 229 g/mol. The van der Waals surface area contributed by atoms with Crippen molar-refractivity contribution in [3.8, 4) is 0 Å². The van der Waals surface area contributed by atoms with E-state index >= 15 is 0 Å². The largest absolute Gasteiger partial charge is 0.369 e. The Labute approximate surface area is 95.3 Å². The van der Waals surface area contributed by atoms with E-state index in [1.807, 2.05) is 0 Å². The first-order valence-electron chi connectivity index (χ1n) is 4.97. The third-order valence-electron chi connectivity index (χ3n) is 2.42. The molecule has 1 heterocycles. The zero-order valence-corrected chi connectivity index (χ0v) is 10.1. The Morgan fingerprint density at radius 3 is 2.67 bits per heavy atom. The van der Waals surface area contributed by atoms with E-state index in [4.69, 9.17) is 17.3 Å². The molecule has 0 saturated carbocycles. The van der Waals surface area contributed by atoms with E-state index in [-0.39, 0.29) is 11.4 Å². The summed E-state index contributed by atoms with van der Waals surface area (Å²) >= 11 is 5.76. The van der Waals surface area contributed by atoms with Crippen LogP contribution >= 0.6 is 11.6 Å². The van der Waals surface area contributed by atoms with Crippen molar-refractivity contribution in [1.82, 2.24) is 9.97 Å². The van der Waals surface area contributed by atoms with Crippen molar-refractivity contribution in [1.29, 1.82) is 0 Å². The first-order chi connectivity index (χ1) is 6.93. The van der Waals surface area contributed by atoms with Crippen LogP contribution in [0.15, 0.2) is 6.07 Å². The molecule has 1 aromatic rings. The first kappa shape index (κ1) is 12.0.